The first kappa shape index (κ1) is 14.6. The van der Waals surface area contributed by atoms with E-state index in [1.54, 1.807) is 18.2 Å². The number of benzene rings is 2. The molecule has 5 nitrogen and oxygen atoms in total. The number of nitrogen functional groups attached to an aromatic ring is 1. The number of nitrogens with two attached hydrogens (primary N) is 1. The third-order valence-electron chi connectivity index (χ3n) is 2.25. The van der Waals surface area contributed by atoms with E-state index in [9.17, 15) is 5.11 Å². The van der Waals surface area contributed by atoms with Crippen molar-refractivity contribution in [3.63, 3.8) is 0 Å². The lowest BCUT2D eigenvalue weighted by Gasteiger charge is -2.20. The second-order valence-electron chi connectivity index (χ2n) is 3.44. The van der Waals surface area contributed by atoms with Crippen LogP contribution in [0.25, 0.3) is 10.8 Å². The summed E-state index contributed by atoms with van der Waals surface area (Å²) < 4.78 is 27.3. The van der Waals surface area contributed by atoms with Crippen molar-refractivity contribution in [1.29, 1.82) is 0 Å². The van der Waals surface area contributed by atoms with E-state index < -0.39 is 10.9 Å². The Morgan fingerprint density at radius 2 is 1.61 bits per heavy atom. The van der Waals surface area contributed by atoms with E-state index in [2.05, 4.69) is 0 Å². The van der Waals surface area contributed by atoms with Gasteiger partial charge >= 0.3 is 0 Å². The average molecular weight is 271 g/mol. The van der Waals surface area contributed by atoms with Crippen molar-refractivity contribution >= 4 is 27.3 Å². The van der Waals surface area contributed by atoms with Gasteiger partial charge in [-0.1, -0.05) is 19.9 Å². The molecule has 2 aromatic carbocycles. The molecule has 18 heavy (non-hydrogen) atoms. The van der Waals surface area contributed by atoms with Gasteiger partial charge in [0.1, 0.15) is 16.6 Å². The molecule has 0 amide bonds. The molecule has 0 heterocycles. The summed E-state index contributed by atoms with van der Waals surface area (Å²) in [5.41, 5.74) is 6.05. The largest absolute Gasteiger partial charge is 0.507 e. The Morgan fingerprint density at radius 1 is 1.00 bits per heavy atom. The van der Waals surface area contributed by atoms with Crippen LogP contribution < -0.4 is 5.73 Å². The molecule has 0 bridgehead atoms. The van der Waals surface area contributed by atoms with Gasteiger partial charge in [0, 0.05) is 11.1 Å². The van der Waals surface area contributed by atoms with Crippen molar-refractivity contribution in [2.45, 2.75) is 18.7 Å². The van der Waals surface area contributed by atoms with Crippen LogP contribution in [0.5, 0.6) is 5.75 Å². The summed E-state index contributed by atoms with van der Waals surface area (Å²) in [6, 6.07) is 7.31. The normalized spacial score (nSPS) is 11.8. The SMILES string of the molecule is CC.Nc1ccc2cc(S(O)(O)O)cc(O)c2c1. The van der Waals surface area contributed by atoms with Crippen molar-refractivity contribution in [3.8, 4) is 5.75 Å². The van der Waals surface area contributed by atoms with E-state index in [-0.39, 0.29) is 10.6 Å². The summed E-state index contributed by atoms with van der Waals surface area (Å²) in [6.07, 6.45) is 0. The van der Waals surface area contributed by atoms with Crippen molar-refractivity contribution in [3.05, 3.63) is 30.3 Å². The van der Waals surface area contributed by atoms with Gasteiger partial charge in [-0.05, 0) is 29.7 Å². The second kappa shape index (κ2) is 5.45. The van der Waals surface area contributed by atoms with E-state index in [0.29, 0.717) is 16.5 Å². The zero-order valence-electron chi connectivity index (χ0n) is 10.2. The van der Waals surface area contributed by atoms with Crippen LogP contribution in [0.4, 0.5) is 5.69 Å². The van der Waals surface area contributed by atoms with Crippen molar-refractivity contribution in [2.75, 3.05) is 5.73 Å². The molecule has 6 heteroatoms. The third kappa shape index (κ3) is 3.05. The number of aromatic hydroxyl groups is 1. The Balaban J connectivity index is 0.000000771. The van der Waals surface area contributed by atoms with Crippen LogP contribution in [-0.4, -0.2) is 18.8 Å². The fourth-order valence-electron chi connectivity index (χ4n) is 1.49. The zero-order chi connectivity index (χ0) is 13.9. The van der Waals surface area contributed by atoms with Crippen molar-refractivity contribution in [2.24, 2.45) is 0 Å². The fraction of sp³-hybridized carbons (Fsp3) is 0.167. The minimum atomic E-state index is -3.82. The highest BCUT2D eigenvalue weighted by atomic mass is 32.3. The van der Waals surface area contributed by atoms with Gasteiger partial charge < -0.3 is 24.5 Å². The molecule has 0 aliphatic heterocycles. The smallest absolute Gasteiger partial charge is 0.124 e. The quantitative estimate of drug-likeness (QED) is 0.508. The lowest BCUT2D eigenvalue weighted by atomic mass is 10.1. The summed E-state index contributed by atoms with van der Waals surface area (Å²) in [5, 5.41) is 10.7. The predicted octanol–water partition coefficient (Wildman–Crippen LogP) is 3.74. The third-order valence-corrected chi connectivity index (χ3v) is 3.11. The molecule has 0 fully saturated rings. The molecular formula is C12H17NO4S. The minimum absolute atomic E-state index is 0.123. The van der Waals surface area contributed by atoms with Gasteiger partial charge in [0.15, 0.2) is 0 Å². The summed E-state index contributed by atoms with van der Waals surface area (Å²) in [7, 11) is -3.82. The Hall–Kier alpha value is -1.47. The highest BCUT2D eigenvalue weighted by Crippen LogP contribution is 2.46. The summed E-state index contributed by atoms with van der Waals surface area (Å²) >= 11 is 0. The van der Waals surface area contributed by atoms with Gasteiger partial charge in [-0.2, -0.15) is 0 Å². The van der Waals surface area contributed by atoms with Crippen LogP contribution >= 0.6 is 10.9 Å². The summed E-state index contributed by atoms with van der Waals surface area (Å²) in [6.45, 7) is 4.00. The first-order valence-corrected chi connectivity index (χ1v) is 6.91. The van der Waals surface area contributed by atoms with Crippen LogP contribution in [0.1, 0.15) is 13.8 Å². The Bertz CT molecular complexity index is 552. The number of phenols is 1. The highest BCUT2D eigenvalue weighted by molar-refractivity contribution is 8.19. The molecule has 2 aromatic rings. The molecule has 0 unspecified atom stereocenters. The number of anilines is 1. The highest BCUT2D eigenvalue weighted by Gasteiger charge is 2.17. The molecule has 0 saturated carbocycles. The van der Waals surface area contributed by atoms with E-state index in [0.717, 1.165) is 6.07 Å². The monoisotopic (exact) mass is 271 g/mol. The average Bonchev–Trinajstić information content (AvgIpc) is 2.31. The van der Waals surface area contributed by atoms with Gasteiger partial charge in [0.05, 0.1) is 4.90 Å². The number of phenolic OH excluding ortho intramolecular Hbond substituents is 1. The molecule has 0 atom stereocenters. The van der Waals surface area contributed by atoms with Gasteiger partial charge in [0.25, 0.3) is 0 Å². The summed E-state index contributed by atoms with van der Waals surface area (Å²) in [5.74, 6) is -0.158. The number of rotatable bonds is 1. The maximum absolute atomic E-state index is 9.66. The maximum atomic E-state index is 9.66. The Labute approximate surface area is 107 Å². The fourth-order valence-corrected chi connectivity index (χ4v) is 2.04. The standard InChI is InChI=1S/C10H11NO4S.C2H6/c11-7-2-1-6-3-8(16(13,14)15)5-10(12)9(6)4-7;1-2/h1-5,12-15H,11H2;1-2H3. The predicted molar refractivity (Wildman–Crippen MR) is 75.1 cm³/mol. The lowest BCUT2D eigenvalue weighted by Crippen LogP contribution is -1.95. The molecule has 0 spiro atoms. The van der Waals surface area contributed by atoms with E-state index in [4.69, 9.17) is 19.4 Å². The molecular weight excluding hydrogens is 254 g/mol. The van der Waals surface area contributed by atoms with Crippen LogP contribution in [0.15, 0.2) is 35.2 Å². The van der Waals surface area contributed by atoms with Crippen LogP contribution in [-0.2, 0) is 0 Å². The van der Waals surface area contributed by atoms with Gasteiger partial charge in [0.2, 0.25) is 0 Å². The van der Waals surface area contributed by atoms with Crippen LogP contribution in [0, 0.1) is 0 Å². The lowest BCUT2D eigenvalue weighted by molar-refractivity contribution is 0.375. The van der Waals surface area contributed by atoms with Gasteiger partial charge in [-0.3, -0.25) is 0 Å². The molecule has 0 aromatic heterocycles. The van der Waals surface area contributed by atoms with E-state index in [1.807, 2.05) is 13.8 Å². The molecule has 0 aliphatic carbocycles. The zero-order valence-corrected chi connectivity index (χ0v) is 11.0. The maximum Gasteiger partial charge on any atom is 0.124 e. The molecule has 100 valence electrons. The Kier molecular flexibility index (Phi) is 4.42. The first-order valence-electron chi connectivity index (χ1n) is 5.41. The summed E-state index contributed by atoms with van der Waals surface area (Å²) in [4.78, 5) is -0.123. The van der Waals surface area contributed by atoms with Gasteiger partial charge in [-0.25, -0.2) is 0 Å². The molecule has 0 saturated heterocycles. The molecule has 6 N–H and O–H groups in total. The number of fused-ring (bicyclic) bond motifs is 1. The minimum Gasteiger partial charge on any atom is -0.507 e. The Morgan fingerprint density at radius 3 is 2.17 bits per heavy atom. The van der Waals surface area contributed by atoms with E-state index >= 15 is 0 Å². The number of hydrogen-bond acceptors (Lipinski definition) is 5. The van der Waals surface area contributed by atoms with Crippen molar-refractivity contribution in [1.82, 2.24) is 0 Å². The van der Waals surface area contributed by atoms with Crippen LogP contribution in [0.3, 0.4) is 0 Å². The van der Waals surface area contributed by atoms with Crippen molar-refractivity contribution < 1.29 is 18.8 Å². The molecule has 0 aliphatic rings. The second-order valence-corrected chi connectivity index (χ2v) is 4.95. The first-order chi connectivity index (χ1) is 8.38. The van der Waals surface area contributed by atoms with Gasteiger partial charge in [-0.15, -0.1) is 0 Å². The topological polar surface area (TPSA) is 107 Å². The molecule has 0 radical (unpaired) electrons. The van der Waals surface area contributed by atoms with E-state index in [1.165, 1.54) is 6.07 Å². The number of hydrogen-bond donors (Lipinski definition) is 5. The van der Waals surface area contributed by atoms with Crippen LogP contribution in [0.2, 0.25) is 0 Å². The molecule has 2 rings (SSSR count).